The number of likely N-dealkylation sites (N-methyl/N-ethyl adjacent to an activating group) is 1. The minimum absolute atomic E-state index is 0. The number of nitrogens with one attached hydrogen (secondary N) is 1. The topological polar surface area (TPSA) is 69.6 Å². The minimum Gasteiger partial charge on any atom is -0.480 e. The predicted molar refractivity (Wildman–Crippen MR) is 80.4 cm³/mol. The second-order valence-electron chi connectivity index (χ2n) is 4.28. The smallest absolute Gasteiger partial charge is 0.322 e. The zero-order valence-electron chi connectivity index (χ0n) is 11.3. The van der Waals surface area contributed by atoms with Gasteiger partial charge in [-0.1, -0.05) is 29.8 Å². The Morgan fingerprint density at radius 1 is 1.40 bits per heavy atom. The molecule has 0 aromatic heterocycles. The summed E-state index contributed by atoms with van der Waals surface area (Å²) in [5, 5.41) is 11.4. The van der Waals surface area contributed by atoms with Crippen LogP contribution < -0.4 is 5.32 Å². The number of carboxylic acid groups (broad SMARTS) is 1. The van der Waals surface area contributed by atoms with Gasteiger partial charge >= 0.3 is 5.97 Å². The van der Waals surface area contributed by atoms with Crippen molar-refractivity contribution in [3.63, 3.8) is 0 Å². The summed E-state index contributed by atoms with van der Waals surface area (Å²) in [5.74, 6) is -1.39. The zero-order valence-corrected chi connectivity index (χ0v) is 12.9. The molecule has 0 spiro atoms. The third-order valence-electron chi connectivity index (χ3n) is 2.85. The molecule has 1 amide bonds. The van der Waals surface area contributed by atoms with Crippen molar-refractivity contribution in [2.24, 2.45) is 0 Å². The van der Waals surface area contributed by atoms with Crippen LogP contribution in [0.2, 0.25) is 5.02 Å². The molecule has 0 fully saturated rings. The van der Waals surface area contributed by atoms with Crippen LogP contribution in [-0.2, 0) is 9.59 Å². The van der Waals surface area contributed by atoms with E-state index < -0.39 is 5.97 Å². The summed E-state index contributed by atoms with van der Waals surface area (Å²) in [6.07, 6.45) is 0. The molecule has 1 atom stereocenters. The Bertz CT molecular complexity index is 469. The predicted octanol–water partition coefficient (Wildman–Crippen LogP) is 1.96. The second kappa shape index (κ2) is 8.79. The summed E-state index contributed by atoms with van der Waals surface area (Å²) in [6.45, 7) is 1.68. The van der Waals surface area contributed by atoms with E-state index in [9.17, 15) is 9.59 Å². The number of halogens is 2. The fraction of sp³-hybridized carbons (Fsp3) is 0.385. The Balaban J connectivity index is 0.00000361. The molecule has 0 bridgehead atoms. The van der Waals surface area contributed by atoms with Crippen molar-refractivity contribution in [3.05, 3.63) is 34.9 Å². The van der Waals surface area contributed by atoms with Crippen molar-refractivity contribution in [1.82, 2.24) is 10.2 Å². The molecule has 0 radical (unpaired) electrons. The van der Waals surface area contributed by atoms with Gasteiger partial charge in [0.1, 0.15) is 6.54 Å². The number of hydrogen-bond donors (Lipinski definition) is 2. The zero-order chi connectivity index (χ0) is 14.4. The number of carboxylic acids is 1. The molecule has 1 aromatic carbocycles. The van der Waals surface area contributed by atoms with Gasteiger partial charge in [0.2, 0.25) is 5.91 Å². The number of nitrogens with zero attached hydrogens (tertiary/aromatic N) is 1. The van der Waals surface area contributed by atoms with Crippen LogP contribution in [0.5, 0.6) is 0 Å². The third-order valence-corrected chi connectivity index (χ3v) is 3.19. The molecule has 0 heterocycles. The summed E-state index contributed by atoms with van der Waals surface area (Å²) in [4.78, 5) is 23.7. The first-order valence-electron chi connectivity index (χ1n) is 5.85. The summed E-state index contributed by atoms with van der Waals surface area (Å²) in [6, 6.07) is 7.39. The van der Waals surface area contributed by atoms with Crippen molar-refractivity contribution < 1.29 is 14.7 Å². The summed E-state index contributed by atoms with van der Waals surface area (Å²) in [7, 11) is 1.79. The van der Waals surface area contributed by atoms with Crippen molar-refractivity contribution in [3.8, 4) is 0 Å². The molecular formula is C13H18Cl2N2O3. The Labute approximate surface area is 129 Å². The van der Waals surface area contributed by atoms with Crippen molar-refractivity contribution in [1.29, 1.82) is 0 Å². The molecule has 1 rings (SSSR count). The van der Waals surface area contributed by atoms with Gasteiger partial charge in [-0.2, -0.15) is 0 Å². The average Bonchev–Trinajstić information content (AvgIpc) is 2.36. The van der Waals surface area contributed by atoms with Crippen LogP contribution in [0.15, 0.2) is 24.3 Å². The number of rotatable bonds is 6. The number of carbonyl (C=O) groups is 2. The Morgan fingerprint density at radius 3 is 2.55 bits per heavy atom. The lowest BCUT2D eigenvalue weighted by molar-refractivity contribution is -0.138. The van der Waals surface area contributed by atoms with Crippen LogP contribution in [0.1, 0.15) is 18.5 Å². The largest absolute Gasteiger partial charge is 0.480 e. The van der Waals surface area contributed by atoms with E-state index in [4.69, 9.17) is 16.7 Å². The quantitative estimate of drug-likeness (QED) is 0.840. The van der Waals surface area contributed by atoms with Gasteiger partial charge < -0.3 is 10.4 Å². The van der Waals surface area contributed by atoms with E-state index in [1.54, 1.807) is 18.0 Å². The van der Waals surface area contributed by atoms with Gasteiger partial charge in [-0.15, -0.1) is 12.4 Å². The number of hydrogen-bond acceptors (Lipinski definition) is 3. The molecule has 0 saturated heterocycles. The van der Waals surface area contributed by atoms with E-state index in [0.717, 1.165) is 5.56 Å². The standard InChI is InChI=1S/C13H17ClN2O3.ClH/c1-9(10-5-3-4-6-11(10)14)16(2)8-12(17)15-7-13(18)19;/h3-6,9H,7-8H2,1-2H3,(H,15,17)(H,18,19);1H. The average molecular weight is 321 g/mol. The number of amides is 1. The molecule has 0 saturated carbocycles. The lowest BCUT2D eigenvalue weighted by Crippen LogP contribution is -2.38. The third kappa shape index (κ3) is 5.77. The van der Waals surface area contributed by atoms with Crippen molar-refractivity contribution in [2.75, 3.05) is 20.1 Å². The lowest BCUT2D eigenvalue weighted by Gasteiger charge is -2.25. The van der Waals surface area contributed by atoms with E-state index in [1.165, 1.54) is 0 Å². The summed E-state index contributed by atoms with van der Waals surface area (Å²) >= 11 is 6.10. The van der Waals surface area contributed by atoms with Crippen LogP contribution in [0.3, 0.4) is 0 Å². The first-order valence-corrected chi connectivity index (χ1v) is 6.22. The monoisotopic (exact) mass is 320 g/mol. The van der Waals surface area contributed by atoms with E-state index in [-0.39, 0.29) is 37.4 Å². The lowest BCUT2D eigenvalue weighted by atomic mass is 10.1. The summed E-state index contributed by atoms with van der Waals surface area (Å²) < 4.78 is 0. The molecule has 1 unspecified atom stereocenters. The maximum absolute atomic E-state index is 11.5. The van der Waals surface area contributed by atoms with Crippen molar-refractivity contribution in [2.45, 2.75) is 13.0 Å². The molecule has 0 aliphatic heterocycles. The molecule has 20 heavy (non-hydrogen) atoms. The number of benzene rings is 1. The first kappa shape index (κ1) is 18.7. The number of aliphatic carboxylic acids is 1. The highest BCUT2D eigenvalue weighted by atomic mass is 35.5. The maximum atomic E-state index is 11.5. The van der Waals surface area contributed by atoms with Crippen LogP contribution in [0.25, 0.3) is 0 Å². The molecule has 112 valence electrons. The molecule has 7 heteroatoms. The van der Waals surface area contributed by atoms with Gasteiger partial charge in [-0.05, 0) is 25.6 Å². The van der Waals surface area contributed by atoms with Gasteiger partial charge in [-0.3, -0.25) is 14.5 Å². The Morgan fingerprint density at radius 2 is 2.00 bits per heavy atom. The minimum atomic E-state index is -1.06. The van der Waals surface area contributed by atoms with Gasteiger partial charge in [0.25, 0.3) is 0 Å². The van der Waals surface area contributed by atoms with E-state index in [0.29, 0.717) is 5.02 Å². The van der Waals surface area contributed by atoms with Gasteiger partial charge in [-0.25, -0.2) is 0 Å². The molecular weight excluding hydrogens is 303 g/mol. The molecule has 2 N–H and O–H groups in total. The fourth-order valence-electron chi connectivity index (χ4n) is 1.64. The van der Waals surface area contributed by atoms with E-state index in [2.05, 4.69) is 5.32 Å². The molecule has 5 nitrogen and oxygen atoms in total. The summed E-state index contributed by atoms with van der Waals surface area (Å²) in [5.41, 5.74) is 0.928. The number of carbonyl (C=O) groups excluding carboxylic acids is 1. The van der Waals surface area contributed by atoms with Gasteiger partial charge in [0.15, 0.2) is 0 Å². The molecule has 0 aliphatic carbocycles. The van der Waals surface area contributed by atoms with Crippen LogP contribution in [0, 0.1) is 0 Å². The van der Waals surface area contributed by atoms with Gasteiger partial charge in [0.05, 0.1) is 6.54 Å². The van der Waals surface area contributed by atoms with Crippen LogP contribution in [0.4, 0.5) is 0 Å². The Hall–Kier alpha value is -1.30. The first-order chi connectivity index (χ1) is 8.91. The molecule has 0 aliphatic rings. The second-order valence-corrected chi connectivity index (χ2v) is 4.69. The van der Waals surface area contributed by atoms with E-state index in [1.807, 2.05) is 25.1 Å². The highest BCUT2D eigenvalue weighted by Gasteiger charge is 2.17. The Kier molecular flexibility index (Phi) is 8.22. The van der Waals surface area contributed by atoms with Crippen LogP contribution >= 0.6 is 24.0 Å². The maximum Gasteiger partial charge on any atom is 0.322 e. The molecule has 1 aromatic rings. The van der Waals surface area contributed by atoms with Crippen molar-refractivity contribution >= 4 is 35.9 Å². The fourth-order valence-corrected chi connectivity index (χ4v) is 1.94. The highest BCUT2D eigenvalue weighted by Crippen LogP contribution is 2.25. The van der Waals surface area contributed by atoms with Crippen LogP contribution in [-0.4, -0.2) is 42.0 Å². The SMILES string of the molecule is CC(c1ccccc1Cl)N(C)CC(=O)NCC(=O)O.Cl. The normalized spacial score (nSPS) is 11.6. The highest BCUT2D eigenvalue weighted by molar-refractivity contribution is 6.31. The van der Waals surface area contributed by atoms with Gasteiger partial charge in [0, 0.05) is 11.1 Å². The van der Waals surface area contributed by atoms with E-state index >= 15 is 0 Å².